The van der Waals surface area contributed by atoms with Gasteiger partial charge >= 0.3 is 0 Å². The van der Waals surface area contributed by atoms with Gasteiger partial charge < -0.3 is 10.1 Å². The molecule has 1 unspecified atom stereocenters. The highest BCUT2D eigenvalue weighted by Crippen LogP contribution is 2.47. The first-order chi connectivity index (χ1) is 9.51. The Labute approximate surface area is 123 Å². The Morgan fingerprint density at radius 3 is 2.20 bits per heavy atom. The van der Waals surface area contributed by atoms with Crippen LogP contribution in [0.15, 0.2) is 12.1 Å². The van der Waals surface area contributed by atoms with E-state index in [9.17, 15) is 0 Å². The van der Waals surface area contributed by atoms with Gasteiger partial charge in [-0.15, -0.1) is 0 Å². The number of methoxy groups -OCH3 is 1. The quantitative estimate of drug-likeness (QED) is 0.851. The van der Waals surface area contributed by atoms with E-state index in [0.29, 0.717) is 11.5 Å². The fraction of sp³-hybridized carbons (Fsp3) is 0.667. The number of aryl methyl sites for hydroxylation is 2. The van der Waals surface area contributed by atoms with Crippen molar-refractivity contribution in [2.45, 2.75) is 59.4 Å². The van der Waals surface area contributed by atoms with E-state index in [1.54, 1.807) is 7.11 Å². The third kappa shape index (κ3) is 2.85. The van der Waals surface area contributed by atoms with Crippen molar-refractivity contribution < 1.29 is 4.74 Å². The Hall–Kier alpha value is -1.02. The molecule has 1 saturated carbocycles. The number of rotatable bonds is 5. The van der Waals surface area contributed by atoms with Crippen molar-refractivity contribution in [3.05, 3.63) is 28.8 Å². The Balaban J connectivity index is 2.39. The average Bonchev–Trinajstić information content (AvgIpc) is 2.83. The summed E-state index contributed by atoms with van der Waals surface area (Å²) in [7, 11) is 1.76. The smallest absolute Gasteiger partial charge is 0.124 e. The van der Waals surface area contributed by atoms with Gasteiger partial charge in [-0.1, -0.05) is 38.8 Å². The zero-order valence-corrected chi connectivity index (χ0v) is 13.7. The van der Waals surface area contributed by atoms with Gasteiger partial charge in [0.2, 0.25) is 0 Å². The number of hydrogen-bond donors (Lipinski definition) is 1. The lowest BCUT2D eigenvalue weighted by Gasteiger charge is -2.35. The van der Waals surface area contributed by atoms with Crippen molar-refractivity contribution in [2.24, 2.45) is 5.41 Å². The van der Waals surface area contributed by atoms with E-state index in [1.165, 1.54) is 42.4 Å². The van der Waals surface area contributed by atoms with E-state index in [0.717, 1.165) is 12.3 Å². The summed E-state index contributed by atoms with van der Waals surface area (Å²) >= 11 is 0. The summed E-state index contributed by atoms with van der Waals surface area (Å²) in [5.41, 5.74) is 4.30. The molecule has 112 valence electrons. The molecule has 1 N–H and O–H groups in total. The van der Waals surface area contributed by atoms with Crippen LogP contribution in [0.1, 0.15) is 62.3 Å². The van der Waals surface area contributed by atoms with Gasteiger partial charge in [-0.2, -0.15) is 0 Å². The van der Waals surface area contributed by atoms with Crippen LogP contribution < -0.4 is 10.1 Å². The van der Waals surface area contributed by atoms with Crippen molar-refractivity contribution in [1.29, 1.82) is 0 Å². The van der Waals surface area contributed by atoms with Crippen LogP contribution in [0.2, 0.25) is 0 Å². The molecule has 1 aliphatic carbocycles. The second-order valence-electron chi connectivity index (χ2n) is 6.54. The van der Waals surface area contributed by atoms with E-state index in [1.807, 2.05) is 0 Å². The molecular formula is C18H29NO. The first-order valence-corrected chi connectivity index (χ1v) is 7.90. The molecule has 2 nitrogen and oxygen atoms in total. The van der Waals surface area contributed by atoms with E-state index >= 15 is 0 Å². The number of hydrogen-bond acceptors (Lipinski definition) is 2. The van der Waals surface area contributed by atoms with E-state index in [2.05, 4.69) is 45.1 Å². The lowest BCUT2D eigenvalue weighted by Crippen LogP contribution is -2.34. The first-order valence-electron chi connectivity index (χ1n) is 7.90. The monoisotopic (exact) mass is 275 g/mol. The summed E-state index contributed by atoms with van der Waals surface area (Å²) in [5.74, 6) is 1.03. The van der Waals surface area contributed by atoms with Crippen LogP contribution in [-0.4, -0.2) is 13.7 Å². The molecule has 1 aromatic carbocycles. The molecular weight excluding hydrogens is 246 g/mol. The minimum atomic E-state index is 0.392. The molecule has 2 heteroatoms. The van der Waals surface area contributed by atoms with Crippen molar-refractivity contribution in [3.8, 4) is 5.75 Å². The third-order valence-corrected chi connectivity index (χ3v) is 4.87. The minimum absolute atomic E-state index is 0.392. The van der Waals surface area contributed by atoms with Crippen LogP contribution in [0.25, 0.3) is 0 Å². The molecule has 1 atom stereocenters. The van der Waals surface area contributed by atoms with Gasteiger partial charge in [-0.05, 0) is 55.3 Å². The Kier molecular flexibility index (Phi) is 4.74. The summed E-state index contributed by atoms with van der Waals surface area (Å²) in [4.78, 5) is 0. The molecule has 2 rings (SSSR count). The maximum Gasteiger partial charge on any atom is 0.124 e. The van der Waals surface area contributed by atoms with Crippen molar-refractivity contribution >= 4 is 0 Å². The zero-order valence-electron chi connectivity index (χ0n) is 13.7. The van der Waals surface area contributed by atoms with Crippen molar-refractivity contribution in [1.82, 2.24) is 5.32 Å². The molecule has 0 saturated heterocycles. The maximum absolute atomic E-state index is 5.50. The Bertz CT molecular complexity index is 437. The van der Waals surface area contributed by atoms with Gasteiger partial charge in [-0.3, -0.25) is 0 Å². The van der Waals surface area contributed by atoms with Gasteiger partial charge in [0.05, 0.1) is 7.11 Å². The molecule has 1 aliphatic rings. The summed E-state index contributed by atoms with van der Waals surface area (Å²) in [5, 5.41) is 3.73. The molecule has 0 spiro atoms. The molecule has 0 radical (unpaired) electrons. The summed E-state index contributed by atoms with van der Waals surface area (Å²) in [6, 6.07) is 5.07. The molecule has 1 fully saturated rings. The Morgan fingerprint density at radius 1 is 1.20 bits per heavy atom. The normalized spacial score (nSPS) is 19.1. The van der Waals surface area contributed by atoms with E-state index < -0.39 is 0 Å². The van der Waals surface area contributed by atoms with Crippen LogP contribution in [0.4, 0.5) is 0 Å². The average molecular weight is 275 g/mol. The van der Waals surface area contributed by atoms with Crippen LogP contribution in [0.5, 0.6) is 5.75 Å². The van der Waals surface area contributed by atoms with Crippen LogP contribution in [0, 0.1) is 19.3 Å². The topological polar surface area (TPSA) is 21.3 Å². The predicted octanol–water partition coefficient (Wildman–Crippen LogP) is 4.54. The zero-order chi connectivity index (χ0) is 14.8. The van der Waals surface area contributed by atoms with Crippen LogP contribution >= 0.6 is 0 Å². The van der Waals surface area contributed by atoms with Crippen LogP contribution in [-0.2, 0) is 0 Å². The minimum Gasteiger partial charge on any atom is -0.496 e. The Morgan fingerprint density at radius 2 is 1.75 bits per heavy atom. The fourth-order valence-electron chi connectivity index (χ4n) is 3.91. The van der Waals surface area contributed by atoms with Gasteiger partial charge in [0.15, 0.2) is 0 Å². The lowest BCUT2D eigenvalue weighted by molar-refractivity contribution is 0.226. The predicted molar refractivity (Wildman–Crippen MR) is 85.5 cm³/mol. The third-order valence-electron chi connectivity index (χ3n) is 4.87. The van der Waals surface area contributed by atoms with E-state index in [-0.39, 0.29) is 0 Å². The number of benzene rings is 1. The van der Waals surface area contributed by atoms with Gasteiger partial charge in [-0.25, -0.2) is 0 Å². The highest BCUT2D eigenvalue weighted by atomic mass is 16.5. The summed E-state index contributed by atoms with van der Waals surface area (Å²) in [6.45, 7) is 9.96. The van der Waals surface area contributed by atoms with E-state index in [4.69, 9.17) is 4.74 Å². The summed E-state index contributed by atoms with van der Waals surface area (Å²) in [6.07, 6.45) is 5.39. The van der Waals surface area contributed by atoms with Crippen molar-refractivity contribution in [3.63, 3.8) is 0 Å². The highest BCUT2D eigenvalue weighted by molar-refractivity contribution is 5.44. The second-order valence-corrected chi connectivity index (χ2v) is 6.54. The molecule has 0 amide bonds. The molecule has 0 aromatic heterocycles. The second kappa shape index (κ2) is 6.17. The fourth-order valence-corrected chi connectivity index (χ4v) is 3.91. The molecule has 20 heavy (non-hydrogen) atoms. The molecule has 0 bridgehead atoms. The maximum atomic E-state index is 5.50. The van der Waals surface area contributed by atoms with Gasteiger partial charge in [0, 0.05) is 6.04 Å². The largest absolute Gasteiger partial charge is 0.496 e. The number of ether oxygens (including phenoxy) is 1. The SMILES string of the molecule is CCNC(c1cc(C)c(OC)c(C)c1)C1(C)CCCC1. The molecule has 1 aromatic rings. The van der Waals surface area contributed by atoms with Crippen LogP contribution in [0.3, 0.4) is 0 Å². The number of nitrogens with one attached hydrogen (secondary N) is 1. The lowest BCUT2D eigenvalue weighted by atomic mass is 9.76. The summed E-state index contributed by atoms with van der Waals surface area (Å²) < 4.78 is 5.50. The first kappa shape index (κ1) is 15.4. The van der Waals surface area contributed by atoms with Crippen molar-refractivity contribution in [2.75, 3.05) is 13.7 Å². The standard InChI is InChI=1S/C18H29NO/c1-6-19-17(18(4)9-7-8-10-18)15-11-13(2)16(20-5)14(3)12-15/h11-12,17,19H,6-10H2,1-5H3. The van der Waals surface area contributed by atoms with Gasteiger partial charge in [0.1, 0.15) is 5.75 Å². The molecule has 0 heterocycles. The van der Waals surface area contributed by atoms with Gasteiger partial charge in [0.25, 0.3) is 0 Å². The molecule has 0 aliphatic heterocycles. The highest BCUT2D eigenvalue weighted by Gasteiger charge is 2.37.